The molecule has 0 bridgehead atoms. The van der Waals surface area contributed by atoms with Crippen molar-refractivity contribution in [3.05, 3.63) is 29.3 Å². The number of nitrogens with one attached hydrogen (secondary N) is 1. The lowest BCUT2D eigenvalue weighted by atomic mass is 10.1. The molecule has 2 rings (SSSR count). The topological polar surface area (TPSA) is 63.2 Å². The average Bonchev–Trinajstić information content (AvgIpc) is 2.84. The molecule has 19 heavy (non-hydrogen) atoms. The number of hydrogen-bond donors (Lipinski definition) is 1. The molecule has 0 heterocycles. The highest BCUT2D eigenvalue weighted by atomic mass is 35.7. The highest BCUT2D eigenvalue weighted by Crippen LogP contribution is 2.44. The maximum Gasteiger partial charge on any atom is 0.261 e. The van der Waals surface area contributed by atoms with Crippen molar-refractivity contribution >= 4 is 25.6 Å². The van der Waals surface area contributed by atoms with Crippen LogP contribution in [0.1, 0.15) is 36.2 Å². The summed E-state index contributed by atoms with van der Waals surface area (Å²) in [4.78, 5) is 12.0. The monoisotopic (exact) mass is 301 g/mol. The summed E-state index contributed by atoms with van der Waals surface area (Å²) >= 11 is 0. The van der Waals surface area contributed by atoms with Gasteiger partial charge in [0.2, 0.25) is 0 Å². The number of rotatable bonds is 3. The molecule has 0 aliphatic heterocycles. The van der Waals surface area contributed by atoms with E-state index in [4.69, 9.17) is 10.7 Å². The summed E-state index contributed by atoms with van der Waals surface area (Å²) in [5, 5.41) is 2.88. The van der Waals surface area contributed by atoms with Crippen LogP contribution in [0.5, 0.6) is 0 Å². The van der Waals surface area contributed by atoms with Crippen LogP contribution < -0.4 is 5.32 Å². The van der Waals surface area contributed by atoms with Crippen LogP contribution in [0.4, 0.5) is 0 Å². The molecule has 1 N–H and O–H groups in total. The molecule has 1 aromatic rings. The quantitative estimate of drug-likeness (QED) is 0.872. The number of carbonyl (C=O) groups is 1. The summed E-state index contributed by atoms with van der Waals surface area (Å²) in [5.41, 5.74) is 0.965. The van der Waals surface area contributed by atoms with Crippen LogP contribution in [-0.4, -0.2) is 20.4 Å². The van der Waals surface area contributed by atoms with Crippen molar-refractivity contribution < 1.29 is 13.2 Å². The van der Waals surface area contributed by atoms with Crippen molar-refractivity contribution in [3.8, 4) is 0 Å². The molecule has 1 atom stereocenters. The molecular weight excluding hydrogens is 286 g/mol. The van der Waals surface area contributed by atoms with E-state index in [1.54, 1.807) is 19.1 Å². The van der Waals surface area contributed by atoms with Gasteiger partial charge in [-0.05, 0) is 36.5 Å². The zero-order valence-electron chi connectivity index (χ0n) is 11.0. The van der Waals surface area contributed by atoms with Crippen LogP contribution in [0.3, 0.4) is 0 Å². The largest absolute Gasteiger partial charge is 0.349 e. The van der Waals surface area contributed by atoms with Gasteiger partial charge in [0.1, 0.15) is 0 Å². The molecule has 1 fully saturated rings. The standard InChI is InChI=1S/C13H16ClNO3S/c1-8-4-5-9(6-10(8)19(14,17)18)12(16)15-11-7-13(11,2)3/h4-6,11H,7H2,1-3H3,(H,15,16). The highest BCUT2D eigenvalue weighted by molar-refractivity contribution is 8.13. The van der Waals surface area contributed by atoms with Gasteiger partial charge in [0.25, 0.3) is 15.0 Å². The van der Waals surface area contributed by atoms with Crippen molar-refractivity contribution in [2.24, 2.45) is 5.41 Å². The molecule has 0 saturated heterocycles. The fourth-order valence-corrected chi connectivity index (χ4v) is 3.18. The second-order valence-electron chi connectivity index (χ2n) is 5.64. The van der Waals surface area contributed by atoms with Crippen LogP contribution in [0.2, 0.25) is 0 Å². The maximum absolute atomic E-state index is 12.0. The predicted molar refractivity (Wildman–Crippen MR) is 73.9 cm³/mol. The number of aryl methyl sites for hydroxylation is 1. The first-order chi connectivity index (χ1) is 8.61. The first-order valence-electron chi connectivity index (χ1n) is 5.97. The van der Waals surface area contributed by atoms with Gasteiger partial charge in [0.05, 0.1) is 4.90 Å². The molecule has 104 valence electrons. The first kappa shape index (κ1) is 14.3. The van der Waals surface area contributed by atoms with Crippen LogP contribution >= 0.6 is 10.7 Å². The summed E-state index contributed by atoms with van der Waals surface area (Å²) in [6.45, 7) is 5.78. The first-order valence-corrected chi connectivity index (χ1v) is 8.28. The van der Waals surface area contributed by atoms with Gasteiger partial charge in [0, 0.05) is 22.3 Å². The predicted octanol–water partition coefficient (Wildman–Crippen LogP) is 2.45. The Morgan fingerprint density at radius 1 is 1.42 bits per heavy atom. The summed E-state index contributed by atoms with van der Waals surface area (Å²) in [6, 6.07) is 4.66. The Balaban J connectivity index is 2.24. The van der Waals surface area contributed by atoms with E-state index in [2.05, 4.69) is 19.2 Å². The van der Waals surface area contributed by atoms with E-state index in [1.165, 1.54) is 6.07 Å². The number of halogens is 1. The molecule has 1 amide bonds. The van der Waals surface area contributed by atoms with Crippen molar-refractivity contribution in [1.82, 2.24) is 5.32 Å². The third-order valence-electron chi connectivity index (χ3n) is 3.53. The molecule has 1 aliphatic rings. The van der Waals surface area contributed by atoms with Crippen LogP contribution in [0.25, 0.3) is 0 Å². The van der Waals surface area contributed by atoms with Gasteiger partial charge in [-0.1, -0.05) is 19.9 Å². The van der Waals surface area contributed by atoms with Gasteiger partial charge in [-0.2, -0.15) is 0 Å². The fourth-order valence-electron chi connectivity index (χ4n) is 1.96. The Kier molecular flexibility index (Phi) is 3.39. The highest BCUT2D eigenvalue weighted by Gasteiger charge is 2.46. The van der Waals surface area contributed by atoms with E-state index >= 15 is 0 Å². The molecule has 4 nitrogen and oxygen atoms in total. The van der Waals surface area contributed by atoms with Crippen molar-refractivity contribution in [2.45, 2.75) is 38.1 Å². The number of carbonyl (C=O) groups excluding carboxylic acids is 1. The molecule has 0 aromatic heterocycles. The third kappa shape index (κ3) is 3.09. The van der Waals surface area contributed by atoms with Crippen LogP contribution in [0.15, 0.2) is 23.1 Å². The lowest BCUT2D eigenvalue weighted by Gasteiger charge is -2.09. The second-order valence-corrected chi connectivity index (χ2v) is 8.17. The minimum Gasteiger partial charge on any atom is -0.349 e. The molecule has 6 heteroatoms. The van der Waals surface area contributed by atoms with Gasteiger partial charge in [-0.25, -0.2) is 8.42 Å². The Hall–Kier alpha value is -1.07. The molecule has 1 aliphatic carbocycles. The third-order valence-corrected chi connectivity index (χ3v) is 5.00. The normalized spacial score (nSPS) is 20.9. The van der Waals surface area contributed by atoms with E-state index in [9.17, 15) is 13.2 Å². The summed E-state index contributed by atoms with van der Waals surface area (Å²) in [7, 11) is 1.51. The van der Waals surface area contributed by atoms with Crippen LogP contribution in [-0.2, 0) is 9.05 Å². The van der Waals surface area contributed by atoms with Gasteiger partial charge < -0.3 is 5.32 Å². The zero-order valence-corrected chi connectivity index (χ0v) is 12.6. The number of hydrogen-bond acceptors (Lipinski definition) is 3. The van der Waals surface area contributed by atoms with E-state index in [0.717, 1.165) is 6.42 Å². The van der Waals surface area contributed by atoms with Gasteiger partial charge in [-0.15, -0.1) is 0 Å². The molecular formula is C13H16ClNO3S. The van der Waals surface area contributed by atoms with Gasteiger partial charge in [0.15, 0.2) is 0 Å². The van der Waals surface area contributed by atoms with Gasteiger partial charge >= 0.3 is 0 Å². The lowest BCUT2D eigenvalue weighted by Crippen LogP contribution is -2.28. The lowest BCUT2D eigenvalue weighted by molar-refractivity contribution is 0.0946. The summed E-state index contributed by atoms with van der Waals surface area (Å²) in [5.74, 6) is -0.267. The zero-order chi connectivity index (χ0) is 14.4. The van der Waals surface area contributed by atoms with Gasteiger partial charge in [-0.3, -0.25) is 4.79 Å². The van der Waals surface area contributed by atoms with Crippen molar-refractivity contribution in [1.29, 1.82) is 0 Å². The Bertz CT molecular complexity index is 637. The van der Waals surface area contributed by atoms with E-state index in [0.29, 0.717) is 11.1 Å². The fraction of sp³-hybridized carbons (Fsp3) is 0.462. The molecule has 1 aromatic carbocycles. The molecule has 0 spiro atoms. The minimum atomic E-state index is -3.83. The minimum absolute atomic E-state index is 0.0168. The number of amides is 1. The Morgan fingerprint density at radius 3 is 2.47 bits per heavy atom. The molecule has 0 radical (unpaired) electrons. The van der Waals surface area contributed by atoms with Crippen molar-refractivity contribution in [2.75, 3.05) is 0 Å². The summed E-state index contributed by atoms with van der Waals surface area (Å²) in [6.07, 6.45) is 0.936. The Morgan fingerprint density at radius 2 is 2.00 bits per heavy atom. The maximum atomic E-state index is 12.0. The average molecular weight is 302 g/mol. The van der Waals surface area contributed by atoms with E-state index in [-0.39, 0.29) is 22.3 Å². The molecule has 1 unspecified atom stereocenters. The Labute approximate surface area is 117 Å². The van der Waals surface area contributed by atoms with E-state index < -0.39 is 9.05 Å². The second kappa shape index (κ2) is 4.49. The van der Waals surface area contributed by atoms with E-state index in [1.807, 2.05) is 0 Å². The summed E-state index contributed by atoms with van der Waals surface area (Å²) < 4.78 is 22.8. The molecule has 1 saturated carbocycles. The van der Waals surface area contributed by atoms with Crippen molar-refractivity contribution in [3.63, 3.8) is 0 Å². The smallest absolute Gasteiger partial charge is 0.261 e. The SMILES string of the molecule is Cc1ccc(C(=O)NC2CC2(C)C)cc1S(=O)(=O)Cl. The number of benzene rings is 1. The van der Waals surface area contributed by atoms with Crippen LogP contribution in [0, 0.1) is 12.3 Å².